The van der Waals surface area contributed by atoms with Crippen LogP contribution in [0.25, 0.3) is 0 Å². The van der Waals surface area contributed by atoms with Crippen LogP contribution in [0.3, 0.4) is 0 Å². The second kappa shape index (κ2) is 9.88. The van der Waals surface area contributed by atoms with Crippen molar-refractivity contribution in [2.24, 2.45) is 0 Å². The van der Waals surface area contributed by atoms with Gasteiger partial charge in [-0.05, 0) is 18.2 Å². The summed E-state index contributed by atoms with van der Waals surface area (Å²) in [4.78, 5) is 0. The van der Waals surface area contributed by atoms with Crippen LogP contribution in [0.1, 0.15) is 5.56 Å². The predicted octanol–water partition coefficient (Wildman–Crippen LogP) is 3.13. The molecule has 1 N–H and O–H groups in total. The van der Waals surface area contributed by atoms with Crippen molar-refractivity contribution in [1.82, 2.24) is 5.32 Å². The van der Waals surface area contributed by atoms with E-state index in [0.29, 0.717) is 18.2 Å². The normalized spacial score (nSPS) is 11.5. The molecule has 0 radical (unpaired) electrons. The molecule has 0 unspecified atom stereocenters. The van der Waals surface area contributed by atoms with E-state index in [1.807, 2.05) is 18.2 Å². The summed E-state index contributed by atoms with van der Waals surface area (Å²) in [5, 5.41) is 3.71. The molecule has 0 heterocycles. The molecule has 0 saturated heterocycles. The molecule has 6 heteroatoms. The summed E-state index contributed by atoms with van der Waals surface area (Å²) in [5.41, 5.74) is 2.28. The number of nitrogens with one attached hydrogen (secondary N) is 1. The van der Waals surface area contributed by atoms with Gasteiger partial charge in [-0.2, -0.15) is 0 Å². The van der Waals surface area contributed by atoms with E-state index in [1.54, 1.807) is 14.2 Å². The molecule has 0 aliphatic rings. The van der Waals surface area contributed by atoms with Gasteiger partial charge in [-0.25, -0.2) is 0 Å². The highest BCUT2D eigenvalue weighted by atomic mass is 35.5. The maximum absolute atomic E-state index is 5.82. The van der Waals surface area contributed by atoms with Crippen LogP contribution in [0.4, 0.5) is 0 Å². The molecule has 0 aliphatic carbocycles. The second-order valence-electron chi connectivity index (χ2n) is 3.99. The quantitative estimate of drug-likeness (QED) is 0.710. The summed E-state index contributed by atoms with van der Waals surface area (Å²) in [6.07, 6.45) is 0. The Morgan fingerprint density at radius 2 is 2.15 bits per heavy atom. The van der Waals surface area contributed by atoms with Gasteiger partial charge in [0.1, 0.15) is 18.1 Å². The Balaban J connectivity index is 2.70. The highest BCUT2D eigenvalue weighted by Crippen LogP contribution is 2.25. The molecule has 0 spiro atoms. The first-order chi connectivity index (χ1) is 9.71. The Hall–Kier alpha value is -0.940. The average Bonchev–Trinajstić information content (AvgIpc) is 2.49. The molecule has 20 heavy (non-hydrogen) atoms. The first kappa shape index (κ1) is 17.1. The van der Waals surface area contributed by atoms with Gasteiger partial charge in [-0.1, -0.05) is 23.2 Å². The van der Waals surface area contributed by atoms with Crippen molar-refractivity contribution >= 4 is 23.2 Å². The smallest absolute Gasteiger partial charge is 0.125 e. The van der Waals surface area contributed by atoms with Gasteiger partial charge in [0.25, 0.3) is 0 Å². The first-order valence-corrected chi connectivity index (χ1v) is 6.96. The molecule has 112 valence electrons. The van der Waals surface area contributed by atoms with Crippen LogP contribution in [0.15, 0.2) is 28.8 Å². The fourth-order valence-electron chi connectivity index (χ4n) is 1.54. The fourth-order valence-corrected chi connectivity index (χ4v) is 1.65. The molecule has 1 rings (SSSR count). The Bertz CT molecular complexity index is 438. The van der Waals surface area contributed by atoms with Crippen LogP contribution in [0, 0.1) is 0 Å². The Morgan fingerprint density at radius 1 is 1.35 bits per heavy atom. The monoisotopic (exact) mass is 319 g/mol. The molecular weight excluding hydrogens is 301 g/mol. The zero-order chi connectivity index (χ0) is 14.8. The van der Waals surface area contributed by atoms with E-state index < -0.39 is 0 Å². The third-order valence-electron chi connectivity index (χ3n) is 2.55. The molecule has 0 saturated carbocycles. The summed E-state index contributed by atoms with van der Waals surface area (Å²) in [6.45, 7) is 2.30. The predicted molar refractivity (Wildman–Crippen MR) is 81.9 cm³/mol. The number of methoxy groups -OCH3 is 2. The molecule has 0 atom stereocenters. The van der Waals surface area contributed by atoms with Gasteiger partial charge in [-0.15, -0.1) is 0 Å². The van der Waals surface area contributed by atoms with E-state index in [1.165, 1.54) is 5.54 Å². The van der Waals surface area contributed by atoms with Crippen molar-refractivity contribution in [2.45, 2.75) is 6.54 Å². The van der Waals surface area contributed by atoms with E-state index in [-0.39, 0.29) is 6.61 Å². The molecule has 0 bridgehead atoms. The van der Waals surface area contributed by atoms with Crippen molar-refractivity contribution in [3.63, 3.8) is 0 Å². The maximum atomic E-state index is 5.82. The minimum Gasteiger partial charge on any atom is -0.497 e. The number of hydrogen-bond acceptors (Lipinski definition) is 4. The second-order valence-corrected chi connectivity index (χ2v) is 4.69. The number of rotatable bonds is 9. The third-order valence-corrected chi connectivity index (χ3v) is 3.14. The number of hydrogen-bond donors (Lipinski definition) is 1. The van der Waals surface area contributed by atoms with Crippen LogP contribution in [0.2, 0.25) is 0 Å². The zero-order valence-corrected chi connectivity index (χ0v) is 13.1. The number of ether oxygens (including phenoxy) is 3. The highest BCUT2D eigenvalue weighted by molar-refractivity contribution is 6.36. The number of benzene rings is 1. The van der Waals surface area contributed by atoms with Gasteiger partial charge >= 0.3 is 0 Å². The van der Waals surface area contributed by atoms with Crippen LogP contribution in [0.5, 0.6) is 11.5 Å². The summed E-state index contributed by atoms with van der Waals surface area (Å²) >= 11 is 11.3. The van der Waals surface area contributed by atoms with E-state index >= 15 is 0 Å². The van der Waals surface area contributed by atoms with E-state index in [9.17, 15) is 0 Å². The van der Waals surface area contributed by atoms with Gasteiger partial charge in [0.15, 0.2) is 0 Å². The van der Waals surface area contributed by atoms with Crippen molar-refractivity contribution in [3.8, 4) is 11.5 Å². The average molecular weight is 320 g/mol. The standard InChI is InChI=1S/C14H19Cl2NO3/c1-18-6-5-17-9-11-7-13(19-2)3-4-14(11)20-10-12(16)8-15/h3-4,7-8,17H,5-6,9-10H2,1-2H3. The van der Waals surface area contributed by atoms with Gasteiger partial charge < -0.3 is 19.5 Å². The van der Waals surface area contributed by atoms with Gasteiger partial charge in [-0.3, -0.25) is 0 Å². The van der Waals surface area contributed by atoms with Crippen molar-refractivity contribution in [2.75, 3.05) is 34.0 Å². The lowest BCUT2D eigenvalue weighted by atomic mass is 10.2. The lowest BCUT2D eigenvalue weighted by Crippen LogP contribution is -2.19. The van der Waals surface area contributed by atoms with E-state index in [0.717, 1.165) is 23.6 Å². The Labute approximate surface area is 129 Å². The molecule has 1 aromatic carbocycles. The number of halogens is 2. The van der Waals surface area contributed by atoms with Crippen molar-refractivity contribution in [3.05, 3.63) is 34.3 Å². The van der Waals surface area contributed by atoms with Crippen LogP contribution < -0.4 is 14.8 Å². The highest BCUT2D eigenvalue weighted by Gasteiger charge is 2.06. The topological polar surface area (TPSA) is 39.7 Å². The summed E-state index contributed by atoms with van der Waals surface area (Å²) < 4.78 is 15.8. The summed E-state index contributed by atoms with van der Waals surface area (Å²) in [6, 6.07) is 5.62. The summed E-state index contributed by atoms with van der Waals surface area (Å²) in [5.74, 6) is 1.52. The maximum Gasteiger partial charge on any atom is 0.125 e. The molecule has 0 aromatic heterocycles. The SMILES string of the molecule is COCCNCc1cc(OC)ccc1OCC(Cl)=CCl. The molecule has 0 fully saturated rings. The molecular formula is C14H19Cl2NO3. The molecule has 0 amide bonds. The van der Waals surface area contributed by atoms with Crippen LogP contribution in [-0.2, 0) is 11.3 Å². The van der Waals surface area contributed by atoms with Crippen molar-refractivity contribution in [1.29, 1.82) is 0 Å². The Kier molecular flexibility index (Phi) is 8.46. The first-order valence-electron chi connectivity index (χ1n) is 6.15. The van der Waals surface area contributed by atoms with E-state index in [2.05, 4.69) is 5.32 Å². The molecule has 1 aromatic rings. The van der Waals surface area contributed by atoms with Gasteiger partial charge in [0.2, 0.25) is 0 Å². The van der Waals surface area contributed by atoms with Gasteiger partial charge in [0.05, 0.1) is 18.7 Å². The molecule has 0 aliphatic heterocycles. The summed E-state index contributed by atoms with van der Waals surface area (Å²) in [7, 11) is 3.30. The zero-order valence-electron chi connectivity index (χ0n) is 11.6. The minimum absolute atomic E-state index is 0.239. The minimum atomic E-state index is 0.239. The van der Waals surface area contributed by atoms with Crippen LogP contribution in [-0.4, -0.2) is 34.0 Å². The third kappa shape index (κ3) is 6.01. The molecule has 4 nitrogen and oxygen atoms in total. The van der Waals surface area contributed by atoms with Gasteiger partial charge in [0, 0.05) is 31.3 Å². The fraction of sp³-hybridized carbons (Fsp3) is 0.429. The lowest BCUT2D eigenvalue weighted by Gasteiger charge is -2.13. The van der Waals surface area contributed by atoms with Crippen LogP contribution >= 0.6 is 23.2 Å². The Morgan fingerprint density at radius 3 is 2.80 bits per heavy atom. The van der Waals surface area contributed by atoms with E-state index in [4.69, 9.17) is 37.4 Å². The largest absolute Gasteiger partial charge is 0.497 e. The lowest BCUT2D eigenvalue weighted by molar-refractivity contribution is 0.199. The van der Waals surface area contributed by atoms with Crippen molar-refractivity contribution < 1.29 is 14.2 Å².